The zero-order chi connectivity index (χ0) is 13.0. The van der Waals surface area contributed by atoms with Crippen LogP contribution >= 0.6 is 0 Å². The van der Waals surface area contributed by atoms with Gasteiger partial charge in [0, 0.05) is 12.0 Å². The molecule has 1 heterocycles. The molecule has 0 bridgehead atoms. The first kappa shape index (κ1) is 13.2. The molecule has 0 saturated heterocycles. The first-order valence-electron chi connectivity index (χ1n) is 6.80. The van der Waals surface area contributed by atoms with E-state index in [9.17, 15) is 0 Å². The van der Waals surface area contributed by atoms with Crippen molar-refractivity contribution in [2.24, 2.45) is 0 Å². The van der Waals surface area contributed by atoms with Gasteiger partial charge in [0.2, 0.25) is 0 Å². The zero-order valence-corrected chi connectivity index (χ0v) is 11.6. The van der Waals surface area contributed by atoms with Crippen LogP contribution in [0, 0.1) is 0 Å². The quantitative estimate of drug-likeness (QED) is 0.890. The molecular formula is C15H23NO2. The fraction of sp³-hybridized carbons (Fsp3) is 0.600. The lowest BCUT2D eigenvalue weighted by molar-refractivity contribution is 0.295. The van der Waals surface area contributed by atoms with Crippen molar-refractivity contribution in [3.05, 3.63) is 23.3 Å². The van der Waals surface area contributed by atoms with Crippen LogP contribution in [-0.2, 0) is 6.42 Å². The Bertz CT molecular complexity index is 402. The predicted molar refractivity (Wildman–Crippen MR) is 73.8 cm³/mol. The molecule has 0 spiro atoms. The van der Waals surface area contributed by atoms with Crippen LogP contribution in [0.3, 0.4) is 0 Å². The fourth-order valence-corrected chi connectivity index (χ4v) is 2.41. The zero-order valence-electron chi connectivity index (χ0n) is 11.6. The molecular weight excluding hydrogens is 226 g/mol. The molecule has 2 rings (SSSR count). The van der Waals surface area contributed by atoms with Gasteiger partial charge < -0.3 is 14.8 Å². The molecule has 3 heteroatoms. The van der Waals surface area contributed by atoms with Gasteiger partial charge >= 0.3 is 0 Å². The molecule has 0 fully saturated rings. The van der Waals surface area contributed by atoms with Crippen LogP contribution in [0.1, 0.15) is 37.3 Å². The Kier molecular flexibility index (Phi) is 4.48. The summed E-state index contributed by atoms with van der Waals surface area (Å²) < 4.78 is 11.7. The second kappa shape index (κ2) is 6.10. The Balaban J connectivity index is 2.39. The predicted octanol–water partition coefficient (Wildman–Crippen LogP) is 2.73. The van der Waals surface area contributed by atoms with E-state index in [1.54, 1.807) is 0 Å². The van der Waals surface area contributed by atoms with Gasteiger partial charge in [0.25, 0.3) is 0 Å². The summed E-state index contributed by atoms with van der Waals surface area (Å²) in [5, 5.41) is 3.20. The van der Waals surface area contributed by atoms with Gasteiger partial charge in [-0.15, -0.1) is 0 Å². The highest BCUT2D eigenvalue weighted by molar-refractivity contribution is 5.52. The lowest BCUT2D eigenvalue weighted by atomic mass is 9.93. The highest BCUT2D eigenvalue weighted by atomic mass is 16.5. The van der Waals surface area contributed by atoms with E-state index in [4.69, 9.17) is 9.47 Å². The Morgan fingerprint density at radius 2 is 2.00 bits per heavy atom. The van der Waals surface area contributed by atoms with Crippen LogP contribution in [-0.4, -0.2) is 26.8 Å². The number of ether oxygens (including phenoxy) is 2. The molecule has 3 nitrogen and oxygen atoms in total. The molecule has 18 heavy (non-hydrogen) atoms. The molecule has 0 radical (unpaired) electrons. The summed E-state index contributed by atoms with van der Waals surface area (Å²) in [6, 6.07) is 4.23. The van der Waals surface area contributed by atoms with Crippen molar-refractivity contribution in [2.75, 3.05) is 26.8 Å². The van der Waals surface area contributed by atoms with Gasteiger partial charge in [0.15, 0.2) is 11.5 Å². The Morgan fingerprint density at radius 3 is 2.72 bits per heavy atom. The molecule has 1 aromatic rings. The molecule has 1 aromatic carbocycles. The van der Waals surface area contributed by atoms with Crippen molar-refractivity contribution in [1.82, 2.24) is 5.32 Å². The van der Waals surface area contributed by atoms with Crippen LogP contribution in [0.2, 0.25) is 0 Å². The second-order valence-corrected chi connectivity index (χ2v) is 5.02. The van der Waals surface area contributed by atoms with Gasteiger partial charge in [-0.2, -0.15) is 0 Å². The minimum atomic E-state index is 0.452. The topological polar surface area (TPSA) is 30.5 Å². The summed E-state index contributed by atoms with van der Waals surface area (Å²) in [6.45, 7) is 6.92. The van der Waals surface area contributed by atoms with Gasteiger partial charge in [0.1, 0.15) is 0 Å². The number of hydrogen-bond donors (Lipinski definition) is 1. The van der Waals surface area contributed by atoms with Crippen LogP contribution in [0.15, 0.2) is 12.1 Å². The van der Waals surface area contributed by atoms with E-state index in [0.29, 0.717) is 5.92 Å². The number of fused-ring (bicyclic) bond motifs is 1. The molecule has 0 aromatic heterocycles. The van der Waals surface area contributed by atoms with E-state index in [2.05, 4.69) is 31.3 Å². The van der Waals surface area contributed by atoms with Gasteiger partial charge in [0.05, 0.1) is 13.2 Å². The number of nitrogens with one attached hydrogen (secondary N) is 1. The molecule has 0 unspecified atom stereocenters. The maximum Gasteiger partial charge on any atom is 0.164 e. The average molecular weight is 249 g/mol. The lowest BCUT2D eigenvalue weighted by Crippen LogP contribution is -2.12. The monoisotopic (exact) mass is 249 g/mol. The van der Waals surface area contributed by atoms with Crippen molar-refractivity contribution >= 4 is 0 Å². The van der Waals surface area contributed by atoms with Crippen LogP contribution in [0.5, 0.6) is 11.5 Å². The molecule has 0 aliphatic carbocycles. The van der Waals surface area contributed by atoms with Gasteiger partial charge in [-0.25, -0.2) is 0 Å². The van der Waals surface area contributed by atoms with E-state index in [-0.39, 0.29) is 0 Å². The molecule has 0 saturated carbocycles. The van der Waals surface area contributed by atoms with Gasteiger partial charge in [-0.05, 0) is 37.6 Å². The Morgan fingerprint density at radius 1 is 1.22 bits per heavy atom. The smallest absolute Gasteiger partial charge is 0.164 e. The van der Waals surface area contributed by atoms with Crippen LogP contribution < -0.4 is 14.8 Å². The number of likely N-dealkylation sites (N-methyl/N-ethyl adjacent to an activating group) is 1. The molecule has 1 aliphatic rings. The van der Waals surface area contributed by atoms with Gasteiger partial charge in [-0.3, -0.25) is 0 Å². The molecule has 1 N–H and O–H groups in total. The first-order chi connectivity index (χ1) is 8.74. The molecule has 0 amide bonds. The lowest BCUT2D eigenvalue weighted by Gasteiger charge is -2.19. The second-order valence-electron chi connectivity index (χ2n) is 5.02. The Labute approximate surface area is 109 Å². The SMILES string of the molecule is CNCCc1ccc2c(c1C(C)C)OCCCO2. The third-order valence-electron chi connectivity index (χ3n) is 3.26. The maximum absolute atomic E-state index is 5.92. The normalized spacial score (nSPS) is 14.7. The number of benzene rings is 1. The fourth-order valence-electron chi connectivity index (χ4n) is 2.41. The summed E-state index contributed by atoms with van der Waals surface area (Å²) in [5.41, 5.74) is 2.67. The van der Waals surface area contributed by atoms with Crippen molar-refractivity contribution in [3.63, 3.8) is 0 Å². The van der Waals surface area contributed by atoms with Crippen LogP contribution in [0.4, 0.5) is 0 Å². The summed E-state index contributed by atoms with van der Waals surface area (Å²) in [7, 11) is 1.98. The average Bonchev–Trinajstić information content (AvgIpc) is 2.60. The van der Waals surface area contributed by atoms with Crippen LogP contribution in [0.25, 0.3) is 0 Å². The number of rotatable bonds is 4. The number of hydrogen-bond acceptors (Lipinski definition) is 3. The Hall–Kier alpha value is -1.22. The van der Waals surface area contributed by atoms with Crippen molar-refractivity contribution in [2.45, 2.75) is 32.6 Å². The molecule has 1 aliphatic heterocycles. The van der Waals surface area contributed by atoms with Crippen molar-refractivity contribution in [3.8, 4) is 11.5 Å². The minimum Gasteiger partial charge on any atom is -0.490 e. The van der Waals surface area contributed by atoms with Crippen molar-refractivity contribution < 1.29 is 9.47 Å². The van der Waals surface area contributed by atoms with E-state index < -0.39 is 0 Å². The van der Waals surface area contributed by atoms with E-state index in [1.165, 1.54) is 11.1 Å². The summed E-state index contributed by atoms with van der Waals surface area (Å²) >= 11 is 0. The highest BCUT2D eigenvalue weighted by Gasteiger charge is 2.20. The molecule has 100 valence electrons. The van der Waals surface area contributed by atoms with E-state index in [0.717, 1.165) is 44.1 Å². The largest absolute Gasteiger partial charge is 0.490 e. The summed E-state index contributed by atoms with van der Waals surface area (Å²) in [5.74, 6) is 2.33. The third kappa shape index (κ3) is 2.78. The van der Waals surface area contributed by atoms with Crippen molar-refractivity contribution in [1.29, 1.82) is 0 Å². The first-order valence-corrected chi connectivity index (χ1v) is 6.80. The van der Waals surface area contributed by atoms with Gasteiger partial charge in [-0.1, -0.05) is 19.9 Å². The summed E-state index contributed by atoms with van der Waals surface area (Å²) in [6.07, 6.45) is 1.98. The molecule has 0 atom stereocenters. The summed E-state index contributed by atoms with van der Waals surface area (Å²) in [4.78, 5) is 0. The van der Waals surface area contributed by atoms with E-state index in [1.807, 2.05) is 7.05 Å². The third-order valence-corrected chi connectivity index (χ3v) is 3.26. The highest BCUT2D eigenvalue weighted by Crippen LogP contribution is 2.39. The maximum atomic E-state index is 5.92. The standard InChI is InChI=1S/C15H23NO2/c1-11(2)14-12(7-8-16-3)5-6-13-15(14)18-10-4-9-17-13/h5-6,11,16H,4,7-10H2,1-3H3. The minimum absolute atomic E-state index is 0.452. The van der Waals surface area contributed by atoms with E-state index >= 15 is 0 Å².